The number of carboxylic acid groups (broad SMARTS) is 1. The largest absolute Gasteiger partial charge is 0.550 e. The molecule has 0 bridgehead atoms. The van der Waals surface area contributed by atoms with Gasteiger partial charge in [-0.25, -0.2) is 0 Å². The molecular weight excluding hydrogens is 170 g/mol. The van der Waals surface area contributed by atoms with Crippen molar-refractivity contribution < 1.29 is 19.1 Å². The molecule has 0 aromatic heterocycles. The second-order valence-electron chi connectivity index (χ2n) is 3.46. The fourth-order valence-electron chi connectivity index (χ4n) is 0.497. The first-order valence-electron chi connectivity index (χ1n) is 4.34. The first kappa shape index (κ1) is 14.9. The van der Waals surface area contributed by atoms with E-state index >= 15 is 0 Å². The molecule has 0 unspecified atom stereocenters. The Morgan fingerprint density at radius 1 is 1.46 bits per heavy atom. The van der Waals surface area contributed by atoms with Gasteiger partial charge >= 0.3 is 0 Å². The van der Waals surface area contributed by atoms with Crippen LogP contribution in [0.5, 0.6) is 0 Å². The predicted molar refractivity (Wildman–Crippen MR) is 50.1 cm³/mol. The molecule has 0 amide bonds. The monoisotopic (exact) mass is 191 g/mol. The SMILES string of the molecule is CC(=O)[O-].CC[N+](C)(C)CCOC. The zero-order chi connectivity index (χ0) is 10.9. The Bertz CT molecular complexity index is 131. The van der Waals surface area contributed by atoms with Crippen molar-refractivity contribution in [2.75, 3.05) is 40.9 Å². The summed E-state index contributed by atoms with van der Waals surface area (Å²) in [5, 5.41) is 8.89. The summed E-state index contributed by atoms with van der Waals surface area (Å²) in [5.41, 5.74) is 0. The van der Waals surface area contributed by atoms with Gasteiger partial charge in [0, 0.05) is 13.1 Å². The van der Waals surface area contributed by atoms with E-state index in [0.29, 0.717) is 0 Å². The van der Waals surface area contributed by atoms with E-state index in [-0.39, 0.29) is 0 Å². The van der Waals surface area contributed by atoms with Gasteiger partial charge in [0.1, 0.15) is 6.54 Å². The van der Waals surface area contributed by atoms with Gasteiger partial charge in [-0.15, -0.1) is 0 Å². The maximum atomic E-state index is 8.89. The van der Waals surface area contributed by atoms with Crippen LogP contribution in [0.2, 0.25) is 0 Å². The molecule has 13 heavy (non-hydrogen) atoms. The first-order chi connectivity index (χ1) is 5.85. The molecule has 0 atom stereocenters. The molecule has 0 rings (SSSR count). The molecule has 0 N–H and O–H groups in total. The van der Waals surface area contributed by atoms with Crippen LogP contribution in [0.15, 0.2) is 0 Å². The molecule has 0 aromatic rings. The number of nitrogens with zero attached hydrogens (tertiary/aromatic N) is 1. The van der Waals surface area contributed by atoms with Crippen LogP contribution in [0.1, 0.15) is 13.8 Å². The molecule has 0 fully saturated rings. The highest BCUT2D eigenvalue weighted by molar-refractivity contribution is 5.60. The number of likely N-dealkylation sites (N-methyl/N-ethyl adjacent to an activating group) is 1. The lowest BCUT2D eigenvalue weighted by atomic mass is 10.4. The number of aliphatic carboxylic acids is 1. The number of rotatable bonds is 4. The van der Waals surface area contributed by atoms with Crippen molar-refractivity contribution in [3.05, 3.63) is 0 Å². The van der Waals surface area contributed by atoms with Gasteiger partial charge in [0.15, 0.2) is 0 Å². The van der Waals surface area contributed by atoms with E-state index in [9.17, 15) is 0 Å². The van der Waals surface area contributed by atoms with Crippen molar-refractivity contribution in [2.45, 2.75) is 13.8 Å². The molecule has 0 aliphatic rings. The van der Waals surface area contributed by atoms with Gasteiger partial charge in [0.05, 0.1) is 27.2 Å². The fourth-order valence-corrected chi connectivity index (χ4v) is 0.497. The molecule has 80 valence electrons. The molecular formula is C9H21NO3. The zero-order valence-electron chi connectivity index (χ0n) is 9.29. The third kappa shape index (κ3) is 18.4. The Hall–Kier alpha value is -0.610. The average Bonchev–Trinajstić information content (AvgIpc) is 2.00. The Labute approximate surface area is 80.7 Å². The summed E-state index contributed by atoms with van der Waals surface area (Å²) in [5.74, 6) is -1.08. The normalized spacial score (nSPS) is 10.2. The maximum absolute atomic E-state index is 8.89. The molecule has 0 aromatic carbocycles. The third-order valence-electron chi connectivity index (χ3n) is 1.76. The predicted octanol–water partition coefficient (Wildman–Crippen LogP) is -0.515. The number of hydrogen-bond donors (Lipinski definition) is 0. The molecule has 4 nitrogen and oxygen atoms in total. The Kier molecular flexibility index (Phi) is 9.17. The first-order valence-corrected chi connectivity index (χ1v) is 4.34. The highest BCUT2D eigenvalue weighted by Crippen LogP contribution is 1.93. The van der Waals surface area contributed by atoms with Crippen LogP contribution in [-0.2, 0) is 9.53 Å². The lowest BCUT2D eigenvalue weighted by Crippen LogP contribution is -2.41. The average molecular weight is 191 g/mol. The molecule has 4 heteroatoms. The lowest BCUT2D eigenvalue weighted by Gasteiger charge is -2.27. The van der Waals surface area contributed by atoms with Crippen LogP contribution in [0.3, 0.4) is 0 Å². The van der Waals surface area contributed by atoms with Gasteiger partial charge < -0.3 is 19.1 Å². The van der Waals surface area contributed by atoms with Crippen molar-refractivity contribution in [3.63, 3.8) is 0 Å². The van der Waals surface area contributed by atoms with E-state index in [4.69, 9.17) is 14.6 Å². The van der Waals surface area contributed by atoms with Crippen LogP contribution in [0.4, 0.5) is 0 Å². The van der Waals surface area contributed by atoms with E-state index in [1.165, 1.54) is 6.54 Å². The minimum absolute atomic E-state index is 0.862. The molecule has 0 saturated carbocycles. The number of hydrogen-bond acceptors (Lipinski definition) is 3. The summed E-state index contributed by atoms with van der Waals surface area (Å²) >= 11 is 0. The Balaban J connectivity index is 0. The van der Waals surface area contributed by atoms with Gasteiger partial charge in [0.25, 0.3) is 0 Å². The topological polar surface area (TPSA) is 49.4 Å². The summed E-state index contributed by atoms with van der Waals surface area (Å²) in [6.07, 6.45) is 0. The number of ether oxygens (including phenoxy) is 1. The molecule has 0 aliphatic heterocycles. The highest BCUT2D eigenvalue weighted by atomic mass is 16.5. The zero-order valence-corrected chi connectivity index (χ0v) is 9.29. The van der Waals surface area contributed by atoms with Gasteiger partial charge in [-0.05, 0) is 13.8 Å². The number of carbonyl (C=O) groups excluding carboxylic acids is 1. The number of carbonyl (C=O) groups is 1. The number of quaternary nitrogens is 1. The fraction of sp³-hybridized carbons (Fsp3) is 0.889. The summed E-state index contributed by atoms with van der Waals surface area (Å²) in [4.78, 5) is 8.89. The second-order valence-corrected chi connectivity index (χ2v) is 3.46. The van der Waals surface area contributed by atoms with E-state index in [0.717, 1.165) is 24.6 Å². The molecule has 0 aliphatic carbocycles. The van der Waals surface area contributed by atoms with Crippen LogP contribution in [0, 0.1) is 0 Å². The van der Waals surface area contributed by atoms with Crippen LogP contribution < -0.4 is 5.11 Å². The lowest BCUT2D eigenvalue weighted by molar-refractivity contribution is -0.888. The highest BCUT2D eigenvalue weighted by Gasteiger charge is 2.09. The molecule has 0 saturated heterocycles. The van der Waals surface area contributed by atoms with Gasteiger partial charge in [-0.3, -0.25) is 0 Å². The number of methoxy groups -OCH3 is 1. The summed E-state index contributed by atoms with van der Waals surface area (Å²) in [7, 11) is 6.16. The van der Waals surface area contributed by atoms with Crippen molar-refractivity contribution >= 4 is 5.97 Å². The molecule has 0 radical (unpaired) electrons. The van der Waals surface area contributed by atoms with Crippen molar-refractivity contribution in [3.8, 4) is 0 Å². The van der Waals surface area contributed by atoms with Crippen molar-refractivity contribution in [1.82, 2.24) is 0 Å². The van der Waals surface area contributed by atoms with Crippen LogP contribution >= 0.6 is 0 Å². The third-order valence-corrected chi connectivity index (χ3v) is 1.76. The Morgan fingerprint density at radius 2 is 1.85 bits per heavy atom. The second kappa shape index (κ2) is 8.01. The van der Waals surface area contributed by atoms with Gasteiger partial charge in [-0.2, -0.15) is 0 Å². The van der Waals surface area contributed by atoms with Crippen LogP contribution in [-0.4, -0.2) is 51.4 Å². The van der Waals surface area contributed by atoms with E-state index in [1.807, 2.05) is 0 Å². The van der Waals surface area contributed by atoms with E-state index in [1.54, 1.807) is 7.11 Å². The van der Waals surface area contributed by atoms with Crippen LogP contribution in [0.25, 0.3) is 0 Å². The van der Waals surface area contributed by atoms with E-state index in [2.05, 4.69) is 21.0 Å². The summed E-state index contributed by atoms with van der Waals surface area (Å²) in [6.45, 7) is 6.30. The quantitative estimate of drug-likeness (QED) is 0.562. The smallest absolute Gasteiger partial charge is 0.102 e. The summed E-state index contributed by atoms with van der Waals surface area (Å²) < 4.78 is 6.01. The standard InChI is InChI=1S/C7H18NO.C2H4O2/c1-5-8(2,3)6-7-9-4;1-2(3)4/h5-7H2,1-4H3;1H3,(H,3,4)/q+1;/p-1. The minimum atomic E-state index is -1.08. The van der Waals surface area contributed by atoms with Crippen molar-refractivity contribution in [1.29, 1.82) is 0 Å². The number of carboxylic acids is 1. The molecule has 0 heterocycles. The van der Waals surface area contributed by atoms with Gasteiger partial charge in [-0.1, -0.05) is 0 Å². The van der Waals surface area contributed by atoms with E-state index < -0.39 is 5.97 Å². The summed E-state index contributed by atoms with van der Waals surface area (Å²) in [6, 6.07) is 0. The minimum Gasteiger partial charge on any atom is -0.550 e. The molecule has 0 spiro atoms. The maximum Gasteiger partial charge on any atom is 0.102 e. The Morgan fingerprint density at radius 3 is 2.08 bits per heavy atom. The van der Waals surface area contributed by atoms with Gasteiger partial charge in [0.2, 0.25) is 0 Å². The van der Waals surface area contributed by atoms with Crippen molar-refractivity contribution in [2.24, 2.45) is 0 Å².